The Morgan fingerprint density at radius 3 is 2.91 bits per heavy atom. The summed E-state index contributed by atoms with van der Waals surface area (Å²) in [5.74, 6) is 1.72. The molecular weight excluding hydrogens is 294 g/mol. The molecule has 0 unspecified atom stereocenters. The second-order valence-electron chi connectivity index (χ2n) is 6.52. The highest BCUT2D eigenvalue weighted by Gasteiger charge is 2.56. The first-order valence-corrected chi connectivity index (χ1v) is 7.81. The van der Waals surface area contributed by atoms with Crippen LogP contribution in [0, 0.1) is 12.3 Å². The molecule has 0 spiro atoms. The van der Waals surface area contributed by atoms with Gasteiger partial charge in [-0.1, -0.05) is 18.2 Å². The minimum Gasteiger partial charge on any atom is -0.492 e. The zero-order valence-corrected chi connectivity index (χ0v) is 13.0. The van der Waals surface area contributed by atoms with Crippen molar-refractivity contribution in [3.63, 3.8) is 0 Å². The zero-order chi connectivity index (χ0) is 16.0. The summed E-state index contributed by atoms with van der Waals surface area (Å²) >= 11 is 0. The lowest BCUT2D eigenvalue weighted by molar-refractivity contribution is -0.151. The third-order valence-electron chi connectivity index (χ3n) is 4.99. The monoisotopic (exact) mass is 313 g/mol. The summed E-state index contributed by atoms with van der Waals surface area (Å²) < 4.78 is 11.4. The highest BCUT2D eigenvalue weighted by atomic mass is 16.5. The third kappa shape index (κ3) is 2.23. The normalized spacial score (nSPS) is 26.4. The molecule has 0 bridgehead atoms. The van der Waals surface area contributed by atoms with E-state index in [4.69, 9.17) is 9.15 Å². The summed E-state index contributed by atoms with van der Waals surface area (Å²) in [4.78, 5) is 14.2. The fraction of sp³-hybridized carbons (Fsp3) is 0.389. The topological polar surface area (TPSA) is 62.9 Å². The van der Waals surface area contributed by atoms with Crippen LogP contribution in [0.15, 0.2) is 40.8 Å². The summed E-state index contributed by atoms with van der Waals surface area (Å²) in [5, 5.41) is 9.88. The van der Waals surface area contributed by atoms with Crippen molar-refractivity contribution in [3.8, 4) is 5.75 Å². The average Bonchev–Trinajstić information content (AvgIpc) is 3.11. The van der Waals surface area contributed by atoms with Crippen LogP contribution in [-0.4, -0.2) is 35.7 Å². The number of hydrogen-bond donors (Lipinski definition) is 1. The van der Waals surface area contributed by atoms with Gasteiger partial charge in [-0.05, 0) is 30.7 Å². The van der Waals surface area contributed by atoms with E-state index in [1.807, 2.05) is 43.3 Å². The van der Waals surface area contributed by atoms with Gasteiger partial charge < -0.3 is 14.3 Å². The third-order valence-corrected chi connectivity index (χ3v) is 4.99. The lowest BCUT2D eigenvalue weighted by atomic mass is 9.73. The molecule has 0 saturated carbocycles. The number of likely N-dealkylation sites (tertiary alicyclic amines) is 1. The van der Waals surface area contributed by atoms with E-state index in [1.165, 1.54) is 0 Å². The molecule has 3 heterocycles. The summed E-state index contributed by atoms with van der Waals surface area (Å²) in [7, 11) is 0. The van der Waals surface area contributed by atoms with E-state index in [9.17, 15) is 9.90 Å². The number of benzene rings is 1. The molecule has 1 aromatic heterocycles. The Kier molecular flexibility index (Phi) is 3.20. The molecule has 1 aromatic carbocycles. The first-order valence-electron chi connectivity index (χ1n) is 7.81. The molecule has 4 rings (SSSR count). The van der Waals surface area contributed by atoms with Gasteiger partial charge in [-0.25, -0.2) is 0 Å². The van der Waals surface area contributed by atoms with Crippen molar-refractivity contribution in [2.24, 2.45) is 5.41 Å². The Bertz CT molecular complexity index is 753. The van der Waals surface area contributed by atoms with Gasteiger partial charge in [0.1, 0.15) is 29.3 Å². The number of carboxylic acids is 1. The molecule has 2 aliphatic heterocycles. The number of nitrogens with zero attached hydrogens (tertiary/aromatic N) is 1. The minimum absolute atomic E-state index is 0.0546. The molecule has 0 aliphatic carbocycles. The maximum atomic E-state index is 12.0. The van der Waals surface area contributed by atoms with Gasteiger partial charge in [0.2, 0.25) is 0 Å². The molecule has 5 heteroatoms. The van der Waals surface area contributed by atoms with Crippen LogP contribution in [0.4, 0.5) is 0 Å². The first kappa shape index (κ1) is 14.3. The van der Waals surface area contributed by atoms with E-state index < -0.39 is 11.4 Å². The van der Waals surface area contributed by atoms with Gasteiger partial charge in [-0.2, -0.15) is 0 Å². The van der Waals surface area contributed by atoms with E-state index >= 15 is 0 Å². The van der Waals surface area contributed by atoms with Gasteiger partial charge in [0.05, 0.1) is 6.54 Å². The van der Waals surface area contributed by atoms with Crippen molar-refractivity contribution >= 4 is 5.97 Å². The maximum Gasteiger partial charge on any atom is 0.315 e. The van der Waals surface area contributed by atoms with Crippen molar-refractivity contribution in [2.75, 3.05) is 19.7 Å². The second kappa shape index (κ2) is 5.13. The van der Waals surface area contributed by atoms with Crippen LogP contribution < -0.4 is 4.74 Å². The van der Waals surface area contributed by atoms with Crippen LogP contribution >= 0.6 is 0 Å². The van der Waals surface area contributed by atoms with Gasteiger partial charge in [-0.15, -0.1) is 0 Å². The SMILES string of the molecule is Cc1ccc(CN2C[C@@H]3c4ccccc4OC[C@]3(C(=O)O)C2)o1. The summed E-state index contributed by atoms with van der Waals surface area (Å²) in [6.07, 6.45) is 0. The number of rotatable bonds is 3. The van der Waals surface area contributed by atoms with Crippen LogP contribution in [0.2, 0.25) is 0 Å². The van der Waals surface area contributed by atoms with E-state index in [2.05, 4.69) is 4.90 Å². The molecule has 1 N–H and O–H groups in total. The molecule has 2 aliphatic rings. The highest BCUT2D eigenvalue weighted by molar-refractivity contribution is 5.78. The Morgan fingerprint density at radius 2 is 2.17 bits per heavy atom. The fourth-order valence-electron chi connectivity index (χ4n) is 3.84. The predicted molar refractivity (Wildman–Crippen MR) is 83.5 cm³/mol. The molecule has 120 valence electrons. The van der Waals surface area contributed by atoms with Crippen LogP contribution in [0.25, 0.3) is 0 Å². The maximum absolute atomic E-state index is 12.0. The number of carbonyl (C=O) groups is 1. The molecule has 2 atom stereocenters. The molecule has 0 radical (unpaired) electrons. The summed E-state index contributed by atoms with van der Waals surface area (Å²) in [6, 6.07) is 11.7. The van der Waals surface area contributed by atoms with Gasteiger partial charge in [0, 0.05) is 19.0 Å². The van der Waals surface area contributed by atoms with E-state index in [0.717, 1.165) is 22.8 Å². The summed E-state index contributed by atoms with van der Waals surface area (Å²) in [5.41, 5.74) is 0.120. The summed E-state index contributed by atoms with van der Waals surface area (Å²) in [6.45, 7) is 3.93. The van der Waals surface area contributed by atoms with Crippen molar-refractivity contribution in [3.05, 3.63) is 53.5 Å². The lowest BCUT2D eigenvalue weighted by Gasteiger charge is -2.35. The lowest BCUT2D eigenvalue weighted by Crippen LogP contribution is -2.45. The van der Waals surface area contributed by atoms with Gasteiger partial charge in [-0.3, -0.25) is 9.69 Å². The molecule has 5 nitrogen and oxygen atoms in total. The van der Waals surface area contributed by atoms with Crippen LogP contribution in [0.1, 0.15) is 23.0 Å². The Morgan fingerprint density at radius 1 is 1.35 bits per heavy atom. The average molecular weight is 313 g/mol. The number of fused-ring (bicyclic) bond motifs is 3. The number of para-hydroxylation sites is 1. The Balaban J connectivity index is 1.66. The van der Waals surface area contributed by atoms with Crippen LogP contribution in [-0.2, 0) is 11.3 Å². The smallest absolute Gasteiger partial charge is 0.315 e. The number of furan rings is 1. The highest BCUT2D eigenvalue weighted by Crippen LogP contribution is 2.49. The molecule has 1 fully saturated rings. The largest absolute Gasteiger partial charge is 0.492 e. The van der Waals surface area contributed by atoms with E-state index in [0.29, 0.717) is 19.6 Å². The number of aryl methyl sites for hydroxylation is 1. The van der Waals surface area contributed by atoms with Gasteiger partial charge in [0.15, 0.2) is 0 Å². The minimum atomic E-state index is -0.879. The van der Waals surface area contributed by atoms with Gasteiger partial charge in [0.25, 0.3) is 0 Å². The molecule has 23 heavy (non-hydrogen) atoms. The van der Waals surface area contributed by atoms with Crippen LogP contribution in [0.3, 0.4) is 0 Å². The standard InChI is InChI=1S/C18H19NO4/c1-12-6-7-13(23-12)8-19-9-15-14-4-2-3-5-16(14)22-11-18(15,10-19)17(20)21/h2-7,15H,8-11H2,1H3,(H,20,21)/t15-,18-/m1/s1. The number of hydrogen-bond acceptors (Lipinski definition) is 4. The van der Waals surface area contributed by atoms with Crippen molar-refractivity contribution in [2.45, 2.75) is 19.4 Å². The Hall–Kier alpha value is -2.27. The van der Waals surface area contributed by atoms with Crippen molar-refractivity contribution < 1.29 is 19.1 Å². The molecule has 0 amide bonds. The molecular formula is C18H19NO4. The number of aliphatic carboxylic acids is 1. The van der Waals surface area contributed by atoms with Crippen molar-refractivity contribution in [1.82, 2.24) is 4.90 Å². The van der Waals surface area contributed by atoms with Crippen LogP contribution in [0.5, 0.6) is 5.75 Å². The first-order chi connectivity index (χ1) is 11.1. The second-order valence-corrected chi connectivity index (χ2v) is 6.52. The molecule has 1 saturated heterocycles. The predicted octanol–water partition coefficient (Wildman–Crippen LogP) is 2.65. The van der Waals surface area contributed by atoms with Gasteiger partial charge >= 0.3 is 5.97 Å². The quantitative estimate of drug-likeness (QED) is 0.944. The van der Waals surface area contributed by atoms with E-state index in [-0.39, 0.29) is 12.5 Å². The molecule has 2 aromatic rings. The fourth-order valence-corrected chi connectivity index (χ4v) is 3.84. The van der Waals surface area contributed by atoms with E-state index in [1.54, 1.807) is 0 Å². The van der Waals surface area contributed by atoms with Crippen molar-refractivity contribution in [1.29, 1.82) is 0 Å². The number of carboxylic acid groups (broad SMARTS) is 1. The Labute approximate surface area is 134 Å². The number of ether oxygens (including phenoxy) is 1. The zero-order valence-electron chi connectivity index (χ0n) is 13.0.